The molecule has 0 aromatic heterocycles. The second kappa shape index (κ2) is 11.0. The van der Waals surface area contributed by atoms with E-state index in [2.05, 4.69) is 5.32 Å². The highest BCUT2D eigenvalue weighted by molar-refractivity contribution is 5.98. The second-order valence-electron chi connectivity index (χ2n) is 7.53. The fraction of sp³-hybridized carbons (Fsp3) is 0.192. The summed E-state index contributed by atoms with van der Waals surface area (Å²) in [4.78, 5) is 35.9. The number of anilines is 1. The Kier molecular flexibility index (Phi) is 7.91. The van der Waals surface area contributed by atoms with Gasteiger partial charge in [-0.05, 0) is 79.6 Å². The van der Waals surface area contributed by atoms with Crippen LogP contribution in [0.2, 0.25) is 0 Å². The molecule has 170 valence electrons. The summed E-state index contributed by atoms with van der Waals surface area (Å²) in [7, 11) is 0. The van der Waals surface area contributed by atoms with Crippen molar-refractivity contribution in [1.29, 1.82) is 0 Å². The van der Waals surface area contributed by atoms with Gasteiger partial charge in [0.15, 0.2) is 12.4 Å². The summed E-state index contributed by atoms with van der Waals surface area (Å²) in [5, 5.41) is 2.70. The Bertz CT molecular complexity index is 1140. The lowest BCUT2D eigenvalue weighted by atomic mass is 10.1. The first kappa shape index (κ1) is 23.7. The highest BCUT2D eigenvalue weighted by Crippen LogP contribution is 2.27. The molecule has 0 aliphatic heterocycles. The number of hydrogen-bond donors (Lipinski definition) is 1. The summed E-state index contributed by atoms with van der Waals surface area (Å²) in [6.45, 7) is 3.49. The number of nitrogens with one attached hydrogen (secondary N) is 1. The zero-order chi connectivity index (χ0) is 23.8. The molecule has 6 nitrogen and oxygen atoms in total. The number of hydrogen-bond acceptors (Lipinski definition) is 5. The standard InChI is InChI=1S/C26H24FNO5/c1-17-3-4-18(2)24(15-17)33-22-11-9-21(10-12-22)28-25(30)13-14-26(31)32-16-23(29)19-5-7-20(27)8-6-19/h3-12,15H,13-14,16H2,1-2H3,(H,28,30). The van der Waals surface area contributed by atoms with Crippen LogP contribution in [0.3, 0.4) is 0 Å². The van der Waals surface area contributed by atoms with E-state index in [0.717, 1.165) is 29.0 Å². The van der Waals surface area contributed by atoms with Gasteiger partial charge in [-0.25, -0.2) is 4.39 Å². The number of ketones is 1. The maximum atomic E-state index is 12.9. The maximum Gasteiger partial charge on any atom is 0.306 e. The van der Waals surface area contributed by atoms with Crippen molar-refractivity contribution in [3.8, 4) is 11.5 Å². The molecule has 3 aromatic carbocycles. The van der Waals surface area contributed by atoms with Gasteiger partial charge in [-0.3, -0.25) is 14.4 Å². The lowest BCUT2D eigenvalue weighted by Crippen LogP contribution is -2.17. The Balaban J connectivity index is 1.42. The summed E-state index contributed by atoms with van der Waals surface area (Å²) >= 11 is 0. The average Bonchev–Trinajstić information content (AvgIpc) is 2.80. The van der Waals surface area contributed by atoms with Gasteiger partial charge in [0.25, 0.3) is 0 Å². The molecule has 0 aliphatic rings. The van der Waals surface area contributed by atoms with Gasteiger partial charge in [0.05, 0.1) is 6.42 Å². The number of aryl methyl sites for hydroxylation is 2. The van der Waals surface area contributed by atoms with Crippen molar-refractivity contribution in [2.45, 2.75) is 26.7 Å². The van der Waals surface area contributed by atoms with Crippen molar-refractivity contribution >= 4 is 23.3 Å². The molecule has 3 aromatic rings. The third-order valence-corrected chi connectivity index (χ3v) is 4.80. The molecule has 0 bridgehead atoms. The van der Waals surface area contributed by atoms with Crippen LogP contribution in [0.15, 0.2) is 66.7 Å². The molecule has 1 N–H and O–H groups in total. The topological polar surface area (TPSA) is 81.7 Å². The SMILES string of the molecule is Cc1ccc(C)c(Oc2ccc(NC(=O)CCC(=O)OCC(=O)c3ccc(F)cc3)cc2)c1. The number of ether oxygens (including phenoxy) is 2. The molecule has 1 amide bonds. The van der Waals surface area contributed by atoms with Crippen molar-refractivity contribution in [2.24, 2.45) is 0 Å². The number of rotatable bonds is 9. The number of Topliss-reactive ketones (excluding diaryl/α,β-unsaturated/α-hetero) is 1. The van der Waals surface area contributed by atoms with Crippen LogP contribution in [0.25, 0.3) is 0 Å². The predicted molar refractivity (Wildman–Crippen MR) is 122 cm³/mol. The lowest BCUT2D eigenvalue weighted by Gasteiger charge is -2.11. The molecule has 33 heavy (non-hydrogen) atoms. The Morgan fingerprint density at radius 3 is 2.27 bits per heavy atom. The molecule has 0 saturated heterocycles. The third kappa shape index (κ3) is 7.28. The number of carbonyl (C=O) groups excluding carboxylic acids is 3. The predicted octanol–water partition coefficient (Wildman–Crippen LogP) is 5.38. The van der Waals surface area contributed by atoms with Crippen LogP contribution in [-0.2, 0) is 14.3 Å². The average molecular weight is 449 g/mol. The molecule has 0 atom stereocenters. The van der Waals surface area contributed by atoms with E-state index < -0.39 is 24.2 Å². The number of amides is 1. The normalized spacial score (nSPS) is 10.4. The van der Waals surface area contributed by atoms with Crippen molar-refractivity contribution in [2.75, 3.05) is 11.9 Å². The minimum absolute atomic E-state index is 0.0929. The van der Waals surface area contributed by atoms with Gasteiger partial charge in [-0.1, -0.05) is 12.1 Å². The highest BCUT2D eigenvalue weighted by Gasteiger charge is 2.12. The molecular weight excluding hydrogens is 425 g/mol. The minimum atomic E-state index is -0.669. The largest absolute Gasteiger partial charge is 0.457 e. The van der Waals surface area contributed by atoms with E-state index in [-0.39, 0.29) is 24.3 Å². The smallest absolute Gasteiger partial charge is 0.306 e. The third-order valence-electron chi connectivity index (χ3n) is 4.80. The van der Waals surface area contributed by atoms with E-state index in [1.165, 1.54) is 12.1 Å². The van der Waals surface area contributed by atoms with Crippen LogP contribution in [0, 0.1) is 19.7 Å². The first-order chi connectivity index (χ1) is 15.8. The first-order valence-electron chi connectivity index (χ1n) is 10.4. The summed E-state index contributed by atoms with van der Waals surface area (Å²) in [6, 6.07) is 17.8. The molecule has 0 spiro atoms. The molecule has 7 heteroatoms. The van der Waals surface area contributed by atoms with E-state index in [9.17, 15) is 18.8 Å². The monoisotopic (exact) mass is 449 g/mol. The number of halogens is 1. The molecule has 0 unspecified atom stereocenters. The Hall–Kier alpha value is -4.00. The minimum Gasteiger partial charge on any atom is -0.457 e. The van der Waals surface area contributed by atoms with E-state index in [1.807, 2.05) is 32.0 Å². The zero-order valence-corrected chi connectivity index (χ0v) is 18.4. The molecule has 0 heterocycles. The van der Waals surface area contributed by atoms with Crippen molar-refractivity contribution in [1.82, 2.24) is 0 Å². The van der Waals surface area contributed by atoms with Gasteiger partial charge in [0.2, 0.25) is 5.91 Å². The van der Waals surface area contributed by atoms with Gasteiger partial charge >= 0.3 is 5.97 Å². The number of carbonyl (C=O) groups is 3. The molecule has 3 rings (SSSR count). The Labute approximate surface area is 191 Å². The highest BCUT2D eigenvalue weighted by atomic mass is 19.1. The summed E-state index contributed by atoms with van der Waals surface area (Å²) in [6.07, 6.45) is -0.263. The van der Waals surface area contributed by atoms with Gasteiger partial charge in [-0.15, -0.1) is 0 Å². The Morgan fingerprint density at radius 1 is 0.879 bits per heavy atom. The van der Waals surface area contributed by atoms with E-state index in [4.69, 9.17) is 9.47 Å². The Morgan fingerprint density at radius 2 is 1.58 bits per heavy atom. The number of benzene rings is 3. The van der Waals surface area contributed by atoms with Gasteiger partial charge in [-0.2, -0.15) is 0 Å². The molecule has 0 saturated carbocycles. The van der Waals surface area contributed by atoms with Crippen LogP contribution in [0.5, 0.6) is 11.5 Å². The van der Waals surface area contributed by atoms with Crippen molar-refractivity contribution < 1.29 is 28.2 Å². The summed E-state index contributed by atoms with van der Waals surface area (Å²) in [5.41, 5.74) is 2.92. The van der Waals surface area contributed by atoms with Crippen LogP contribution < -0.4 is 10.1 Å². The zero-order valence-electron chi connectivity index (χ0n) is 18.4. The molecule has 0 radical (unpaired) electrons. The number of esters is 1. The van der Waals surface area contributed by atoms with Crippen molar-refractivity contribution in [3.05, 3.63) is 89.2 Å². The van der Waals surface area contributed by atoms with E-state index in [1.54, 1.807) is 24.3 Å². The first-order valence-corrected chi connectivity index (χ1v) is 10.4. The summed E-state index contributed by atoms with van der Waals surface area (Å²) < 4.78 is 23.7. The molecule has 0 aliphatic carbocycles. The van der Waals surface area contributed by atoms with Gasteiger partial charge in [0, 0.05) is 17.7 Å². The van der Waals surface area contributed by atoms with E-state index in [0.29, 0.717) is 11.4 Å². The molecule has 0 fully saturated rings. The van der Waals surface area contributed by atoms with Gasteiger partial charge < -0.3 is 14.8 Å². The van der Waals surface area contributed by atoms with Crippen molar-refractivity contribution in [3.63, 3.8) is 0 Å². The quantitative estimate of drug-likeness (QED) is 0.350. The maximum absolute atomic E-state index is 12.9. The van der Waals surface area contributed by atoms with Crippen LogP contribution >= 0.6 is 0 Å². The van der Waals surface area contributed by atoms with Crippen LogP contribution in [0.1, 0.15) is 34.3 Å². The van der Waals surface area contributed by atoms with Crippen LogP contribution in [-0.4, -0.2) is 24.3 Å². The second-order valence-corrected chi connectivity index (χ2v) is 7.53. The lowest BCUT2D eigenvalue weighted by molar-refractivity contribution is -0.143. The van der Waals surface area contributed by atoms with Crippen LogP contribution in [0.4, 0.5) is 10.1 Å². The van der Waals surface area contributed by atoms with E-state index >= 15 is 0 Å². The summed E-state index contributed by atoms with van der Waals surface area (Å²) in [5.74, 6) is -0.536. The van der Waals surface area contributed by atoms with Gasteiger partial charge in [0.1, 0.15) is 17.3 Å². The molecular formula is C26H24FNO5. The fourth-order valence-electron chi connectivity index (χ4n) is 2.93. The fourth-order valence-corrected chi connectivity index (χ4v) is 2.93.